The monoisotopic (exact) mass is 509 g/mol. The Morgan fingerprint density at radius 2 is 1.30 bits per heavy atom. The van der Waals surface area contributed by atoms with Gasteiger partial charge in [0.05, 0.1) is 0 Å². The van der Waals surface area contributed by atoms with Gasteiger partial charge in [0.2, 0.25) is 0 Å². The first-order chi connectivity index (χ1) is 18.1. The number of nitrogens with one attached hydrogen (secondary N) is 2. The second-order valence-electron chi connectivity index (χ2n) is 8.39. The average molecular weight is 510 g/mol. The zero-order chi connectivity index (χ0) is 25.9. The van der Waals surface area contributed by atoms with Crippen molar-refractivity contribution < 1.29 is 14.8 Å². The smallest absolute Gasteiger partial charge is 0.288 e. The van der Waals surface area contributed by atoms with E-state index in [4.69, 9.17) is 5.21 Å². The van der Waals surface area contributed by atoms with Crippen molar-refractivity contribution in [2.75, 3.05) is 6.16 Å². The summed E-state index contributed by atoms with van der Waals surface area (Å²) in [7, 11) is -2.48. The maximum atomic E-state index is 12.8. The van der Waals surface area contributed by atoms with Crippen LogP contribution >= 0.6 is 7.26 Å². The summed E-state index contributed by atoms with van der Waals surface area (Å²) >= 11 is 0. The molecule has 2 amide bonds. The molecule has 0 aliphatic heterocycles. The second kappa shape index (κ2) is 12.5. The van der Waals surface area contributed by atoms with Gasteiger partial charge in [0, 0.05) is 0 Å². The molecule has 0 aliphatic rings. The van der Waals surface area contributed by atoms with Crippen molar-refractivity contribution in [2.45, 2.75) is 0 Å². The summed E-state index contributed by atoms with van der Waals surface area (Å²) in [6.07, 6.45) is 5.14. The molecule has 4 rings (SSSR count). The minimum absolute atomic E-state index is 0.357. The van der Waals surface area contributed by atoms with Gasteiger partial charge in [-0.05, 0) is 0 Å². The van der Waals surface area contributed by atoms with Crippen LogP contribution in [-0.2, 0) is 4.79 Å². The zero-order valence-corrected chi connectivity index (χ0v) is 21.1. The van der Waals surface area contributed by atoms with E-state index in [0.29, 0.717) is 17.3 Å². The van der Waals surface area contributed by atoms with Crippen LogP contribution in [-0.4, -0.2) is 29.4 Å². The number of nitrogens with zero attached hydrogens (tertiary/aromatic N) is 1. The van der Waals surface area contributed by atoms with Crippen LogP contribution in [0, 0.1) is 0 Å². The van der Waals surface area contributed by atoms with Crippen molar-refractivity contribution >= 4 is 47.3 Å². The Bertz CT molecular complexity index is 1290. The van der Waals surface area contributed by atoms with Crippen LogP contribution in [0.25, 0.3) is 6.08 Å². The van der Waals surface area contributed by atoms with E-state index < -0.39 is 13.2 Å². The summed E-state index contributed by atoms with van der Waals surface area (Å²) in [6.45, 7) is 0. The molecule has 0 bridgehead atoms. The molecule has 0 saturated heterocycles. The van der Waals surface area contributed by atoms with Gasteiger partial charge in [0.15, 0.2) is 0 Å². The number of rotatable bonds is 9. The van der Waals surface area contributed by atoms with Gasteiger partial charge in [0.1, 0.15) is 0 Å². The number of benzene rings is 4. The van der Waals surface area contributed by atoms with E-state index in [-0.39, 0.29) is 5.91 Å². The molecule has 0 unspecified atom stereocenters. The van der Waals surface area contributed by atoms with E-state index in [1.165, 1.54) is 33.5 Å². The van der Waals surface area contributed by atoms with Crippen LogP contribution in [0.1, 0.15) is 15.9 Å². The fourth-order valence-electron chi connectivity index (χ4n) is 4.37. The Hall–Kier alpha value is -4.38. The van der Waals surface area contributed by atoms with Gasteiger partial charge in [-0.3, -0.25) is 5.21 Å². The van der Waals surface area contributed by atoms with E-state index in [1.54, 1.807) is 30.5 Å². The Kier molecular flexibility index (Phi) is 8.71. The van der Waals surface area contributed by atoms with Crippen molar-refractivity contribution in [1.29, 1.82) is 0 Å². The molecule has 0 atom stereocenters. The van der Waals surface area contributed by atoms with E-state index in [0.717, 1.165) is 0 Å². The summed E-state index contributed by atoms with van der Waals surface area (Å²) in [5.41, 5.74) is 5.22. The quantitative estimate of drug-likeness (QED) is 0.106. The number of carbonyl (C=O) groups excluding carboxylic acids is 2. The zero-order valence-electron chi connectivity index (χ0n) is 20.1. The number of hydrazone groups is 1. The molecule has 37 heavy (non-hydrogen) atoms. The van der Waals surface area contributed by atoms with Crippen molar-refractivity contribution in [2.24, 2.45) is 5.10 Å². The van der Waals surface area contributed by atoms with Crippen molar-refractivity contribution in [3.63, 3.8) is 0 Å². The Morgan fingerprint density at radius 1 is 0.757 bits per heavy atom. The normalized spacial score (nSPS) is 11.9. The Labute approximate surface area is 216 Å². The Morgan fingerprint density at radius 3 is 1.81 bits per heavy atom. The molecule has 7 heteroatoms. The molecular weight excluding hydrogens is 481 g/mol. The number of amides is 2. The molecule has 186 valence electrons. The van der Waals surface area contributed by atoms with Crippen LogP contribution in [0.15, 0.2) is 126 Å². The van der Waals surface area contributed by atoms with Crippen molar-refractivity contribution in [1.82, 2.24) is 10.9 Å². The maximum absolute atomic E-state index is 12.8. The number of carbonyl (C=O) groups is 2. The van der Waals surface area contributed by atoms with Crippen LogP contribution in [0.5, 0.6) is 0 Å². The fraction of sp³-hybridized carbons (Fsp3) is 0.0333. The van der Waals surface area contributed by atoms with Gasteiger partial charge < -0.3 is 0 Å². The number of hydroxylamine groups is 1. The molecule has 0 saturated carbocycles. The second-order valence-corrected chi connectivity index (χ2v) is 12.3. The molecule has 0 aromatic heterocycles. The van der Waals surface area contributed by atoms with E-state index in [1.807, 2.05) is 18.2 Å². The third kappa shape index (κ3) is 6.25. The first-order valence-corrected chi connectivity index (χ1v) is 14.0. The van der Waals surface area contributed by atoms with E-state index in [9.17, 15) is 9.59 Å². The van der Waals surface area contributed by atoms with Gasteiger partial charge >= 0.3 is 212 Å². The molecule has 0 heterocycles. The van der Waals surface area contributed by atoms with Gasteiger partial charge in [-0.15, -0.1) is 0 Å². The van der Waals surface area contributed by atoms with Gasteiger partial charge in [-0.1, -0.05) is 0 Å². The SMILES string of the molecule is O=C(/C=C/c1cccc(C(=O)N/N=C/C[PH](c2ccccc2)(c2ccccc2)c2ccccc2)c1)NO. The molecule has 0 aliphatic carbocycles. The summed E-state index contributed by atoms with van der Waals surface area (Å²) in [5, 5.41) is 16.7. The van der Waals surface area contributed by atoms with Crippen molar-refractivity contribution in [3.8, 4) is 0 Å². The summed E-state index contributed by atoms with van der Waals surface area (Å²) in [6, 6.07) is 38.3. The predicted molar refractivity (Wildman–Crippen MR) is 153 cm³/mol. The van der Waals surface area contributed by atoms with Crippen LogP contribution in [0.4, 0.5) is 0 Å². The van der Waals surface area contributed by atoms with Crippen LogP contribution < -0.4 is 26.8 Å². The average Bonchev–Trinajstić information content (AvgIpc) is 2.97. The van der Waals surface area contributed by atoms with E-state index >= 15 is 0 Å². The summed E-state index contributed by atoms with van der Waals surface area (Å²) < 4.78 is 0. The first kappa shape index (κ1) is 25.7. The minimum atomic E-state index is -2.48. The first-order valence-electron chi connectivity index (χ1n) is 11.8. The third-order valence-electron chi connectivity index (χ3n) is 6.14. The Balaban J connectivity index is 1.60. The molecular formula is C30H28N3O3P. The van der Waals surface area contributed by atoms with Gasteiger partial charge in [-0.25, -0.2) is 0 Å². The topological polar surface area (TPSA) is 90.8 Å². The van der Waals surface area contributed by atoms with E-state index in [2.05, 4.69) is 83.3 Å². The number of hydrogen-bond acceptors (Lipinski definition) is 4. The summed E-state index contributed by atoms with van der Waals surface area (Å²) in [4.78, 5) is 24.0. The molecule has 0 spiro atoms. The molecule has 3 N–H and O–H groups in total. The predicted octanol–water partition coefficient (Wildman–Crippen LogP) is 3.65. The third-order valence-corrected chi connectivity index (χ3v) is 10.9. The van der Waals surface area contributed by atoms with Gasteiger partial charge in [-0.2, -0.15) is 0 Å². The molecule has 0 radical (unpaired) electrons. The summed E-state index contributed by atoms with van der Waals surface area (Å²) in [5.74, 6) is -1.01. The molecule has 4 aromatic carbocycles. The standard InChI is InChI=1S/C30H28N3O3P/c34-29(33-36)20-19-24-11-10-12-25(23-24)30(35)32-31-21-22-37(26-13-4-1-5-14-26,27-15-6-2-7-16-27)28-17-8-3-9-18-28/h1-21,23,36-37H,22H2,(H,32,35)(H,33,34)/b20-19+,31-21+. The molecule has 4 aromatic rings. The fourth-order valence-corrected chi connectivity index (χ4v) is 8.72. The van der Waals surface area contributed by atoms with Crippen LogP contribution in [0.2, 0.25) is 0 Å². The van der Waals surface area contributed by atoms with Crippen molar-refractivity contribution in [3.05, 3.63) is 132 Å². The minimum Gasteiger partial charge on any atom is -0.288 e. The number of hydrogen-bond donors (Lipinski definition) is 3. The van der Waals surface area contributed by atoms with Crippen LogP contribution in [0.3, 0.4) is 0 Å². The van der Waals surface area contributed by atoms with Gasteiger partial charge in [0.25, 0.3) is 0 Å². The molecule has 6 nitrogen and oxygen atoms in total. The molecule has 0 fully saturated rings.